The number of aromatic amines is 1. The van der Waals surface area contributed by atoms with E-state index in [9.17, 15) is 18.4 Å². The van der Waals surface area contributed by atoms with Crippen molar-refractivity contribution in [2.45, 2.75) is 5.16 Å². The highest BCUT2D eigenvalue weighted by atomic mass is 32.2. The maximum absolute atomic E-state index is 14.0. The first kappa shape index (κ1) is 24.3. The van der Waals surface area contributed by atoms with Gasteiger partial charge in [0.05, 0.1) is 24.2 Å². The fourth-order valence-electron chi connectivity index (χ4n) is 3.84. The molecule has 0 unspecified atom stereocenters. The van der Waals surface area contributed by atoms with E-state index in [1.54, 1.807) is 37.6 Å². The molecule has 3 aromatic carbocycles. The minimum atomic E-state index is -0.882. The van der Waals surface area contributed by atoms with Gasteiger partial charge in [-0.1, -0.05) is 42.1 Å². The predicted octanol–water partition coefficient (Wildman–Crippen LogP) is 5.40. The number of rotatable bonds is 7. The van der Waals surface area contributed by atoms with Gasteiger partial charge in [-0.2, -0.15) is 0 Å². The molecule has 0 fully saturated rings. The number of methoxy groups -OCH3 is 1. The zero-order chi connectivity index (χ0) is 25.9. The molecule has 10 heteroatoms. The third-order valence-electron chi connectivity index (χ3n) is 5.62. The van der Waals surface area contributed by atoms with Crippen LogP contribution >= 0.6 is 11.8 Å². The topological polar surface area (TPSA) is 89.0 Å². The van der Waals surface area contributed by atoms with Crippen LogP contribution in [0.4, 0.5) is 14.5 Å². The number of thioether (sulfide) groups is 1. The monoisotopic (exact) mass is 518 g/mol. The molecule has 0 aliphatic rings. The molecule has 0 atom stereocenters. The van der Waals surface area contributed by atoms with Crippen molar-refractivity contribution in [1.29, 1.82) is 0 Å². The highest BCUT2D eigenvalue weighted by Gasteiger charge is 2.19. The van der Waals surface area contributed by atoms with Crippen LogP contribution in [0.15, 0.2) is 88.9 Å². The van der Waals surface area contributed by atoms with E-state index >= 15 is 0 Å². The van der Waals surface area contributed by atoms with Crippen LogP contribution in [0.25, 0.3) is 27.8 Å². The van der Waals surface area contributed by atoms with Crippen LogP contribution < -0.4 is 15.6 Å². The van der Waals surface area contributed by atoms with Crippen LogP contribution in [0.1, 0.15) is 0 Å². The summed E-state index contributed by atoms with van der Waals surface area (Å²) in [6.07, 6.45) is 1.73. The van der Waals surface area contributed by atoms with E-state index in [-0.39, 0.29) is 22.2 Å². The second kappa shape index (κ2) is 10.3. The molecule has 5 aromatic rings. The smallest absolute Gasteiger partial charge is 0.283 e. The van der Waals surface area contributed by atoms with Crippen LogP contribution in [0, 0.1) is 11.6 Å². The van der Waals surface area contributed by atoms with Gasteiger partial charge < -0.3 is 15.0 Å². The summed E-state index contributed by atoms with van der Waals surface area (Å²) >= 11 is 1.02. The molecule has 0 spiro atoms. The molecule has 5 rings (SSSR count). The first-order valence-electron chi connectivity index (χ1n) is 11.2. The van der Waals surface area contributed by atoms with Gasteiger partial charge in [0.1, 0.15) is 28.4 Å². The second-order valence-corrected chi connectivity index (χ2v) is 8.93. The van der Waals surface area contributed by atoms with Crippen molar-refractivity contribution in [3.63, 3.8) is 0 Å². The minimum absolute atomic E-state index is 0.139. The van der Waals surface area contributed by atoms with Crippen LogP contribution in [0.2, 0.25) is 0 Å². The summed E-state index contributed by atoms with van der Waals surface area (Å²) in [5.41, 5.74) is 2.45. The van der Waals surface area contributed by atoms with Gasteiger partial charge in [0.25, 0.3) is 5.56 Å². The first-order chi connectivity index (χ1) is 17.9. The first-order valence-corrected chi connectivity index (χ1v) is 12.1. The van der Waals surface area contributed by atoms with Gasteiger partial charge in [-0.3, -0.25) is 14.2 Å². The Kier molecular flexibility index (Phi) is 6.74. The lowest BCUT2D eigenvalue weighted by Gasteiger charge is -2.13. The molecule has 2 aromatic heterocycles. The van der Waals surface area contributed by atoms with Gasteiger partial charge in [-0.15, -0.1) is 0 Å². The van der Waals surface area contributed by atoms with E-state index in [1.165, 1.54) is 4.57 Å². The molecule has 0 saturated carbocycles. The summed E-state index contributed by atoms with van der Waals surface area (Å²) in [6.45, 7) is 0. The van der Waals surface area contributed by atoms with Crippen LogP contribution in [-0.4, -0.2) is 33.3 Å². The number of hydrogen-bond acceptors (Lipinski definition) is 5. The Morgan fingerprint density at radius 2 is 1.84 bits per heavy atom. The summed E-state index contributed by atoms with van der Waals surface area (Å²) in [4.78, 5) is 34.0. The Morgan fingerprint density at radius 1 is 1.08 bits per heavy atom. The summed E-state index contributed by atoms with van der Waals surface area (Å²) in [6, 6.07) is 19.3. The number of H-pyrrole nitrogens is 1. The Morgan fingerprint density at radius 3 is 2.54 bits per heavy atom. The fourth-order valence-corrected chi connectivity index (χ4v) is 4.65. The molecular formula is C27H20F2N4O3S. The zero-order valence-electron chi connectivity index (χ0n) is 19.5. The number of anilines is 1. The Bertz CT molecular complexity index is 1650. The maximum atomic E-state index is 14.0. The standard InChI is InChI=1S/C27H20F2N4O3S/c1-36-19-10-8-18(9-11-19)33-26(35)25-24(20(14-30-25)16-5-3-2-4-6-16)32-27(33)37-15-23(34)31-22-12-7-17(28)13-21(22)29/h2-14,30H,15H2,1H3,(H,31,34). The predicted molar refractivity (Wildman–Crippen MR) is 139 cm³/mol. The van der Waals surface area contributed by atoms with Gasteiger partial charge in [0, 0.05) is 17.8 Å². The number of halogens is 2. The number of fused-ring (bicyclic) bond motifs is 1. The number of hydrogen-bond donors (Lipinski definition) is 2. The van der Waals surface area contributed by atoms with Crippen molar-refractivity contribution in [2.24, 2.45) is 0 Å². The molecule has 0 radical (unpaired) electrons. The van der Waals surface area contributed by atoms with Gasteiger partial charge >= 0.3 is 0 Å². The summed E-state index contributed by atoms with van der Waals surface area (Å²) in [7, 11) is 1.54. The highest BCUT2D eigenvalue weighted by Crippen LogP contribution is 2.29. The van der Waals surface area contributed by atoms with Gasteiger partial charge in [0.15, 0.2) is 5.16 Å². The molecule has 7 nitrogen and oxygen atoms in total. The van der Waals surface area contributed by atoms with Crippen molar-refractivity contribution in [1.82, 2.24) is 14.5 Å². The summed E-state index contributed by atoms with van der Waals surface area (Å²) in [5, 5.41) is 2.70. The fraction of sp³-hybridized carbons (Fsp3) is 0.0741. The molecule has 0 bridgehead atoms. The highest BCUT2D eigenvalue weighted by molar-refractivity contribution is 7.99. The maximum Gasteiger partial charge on any atom is 0.283 e. The minimum Gasteiger partial charge on any atom is -0.497 e. The number of benzene rings is 3. The van der Waals surface area contributed by atoms with E-state index in [0.29, 0.717) is 28.5 Å². The SMILES string of the molecule is COc1ccc(-n2c(SCC(=O)Nc3ccc(F)cc3F)nc3c(-c4ccccc4)c[nH]c3c2=O)cc1. The van der Waals surface area contributed by atoms with Gasteiger partial charge in [-0.05, 0) is 42.0 Å². The zero-order valence-corrected chi connectivity index (χ0v) is 20.3. The van der Waals surface area contributed by atoms with E-state index in [4.69, 9.17) is 9.72 Å². The molecule has 37 heavy (non-hydrogen) atoms. The van der Waals surface area contributed by atoms with Crippen molar-refractivity contribution >= 4 is 34.4 Å². The number of carbonyl (C=O) groups excluding carboxylic acids is 1. The van der Waals surface area contributed by atoms with Crippen molar-refractivity contribution in [3.8, 4) is 22.6 Å². The average Bonchev–Trinajstić information content (AvgIpc) is 3.34. The third-order valence-corrected chi connectivity index (χ3v) is 6.56. The van der Waals surface area contributed by atoms with Crippen LogP contribution in [-0.2, 0) is 4.79 Å². The molecule has 1 amide bonds. The van der Waals surface area contributed by atoms with Gasteiger partial charge in [-0.25, -0.2) is 13.8 Å². The molecule has 0 saturated heterocycles. The van der Waals surface area contributed by atoms with Crippen LogP contribution in [0.3, 0.4) is 0 Å². The second-order valence-electron chi connectivity index (χ2n) is 7.99. The number of nitrogens with one attached hydrogen (secondary N) is 2. The average molecular weight is 519 g/mol. The lowest BCUT2D eigenvalue weighted by Crippen LogP contribution is -2.23. The van der Waals surface area contributed by atoms with E-state index in [0.717, 1.165) is 35.0 Å². The normalized spacial score (nSPS) is 11.0. The summed E-state index contributed by atoms with van der Waals surface area (Å²) < 4.78 is 33.8. The Labute approximate surface area is 214 Å². The van der Waals surface area contributed by atoms with E-state index in [1.807, 2.05) is 30.3 Å². The van der Waals surface area contributed by atoms with Crippen molar-refractivity contribution in [3.05, 3.63) is 101 Å². The molecule has 0 aliphatic heterocycles. The van der Waals surface area contributed by atoms with E-state index in [2.05, 4.69) is 10.3 Å². The molecule has 2 heterocycles. The number of amides is 1. The Hall–Kier alpha value is -4.44. The van der Waals surface area contributed by atoms with Gasteiger partial charge in [0.2, 0.25) is 5.91 Å². The number of nitrogens with zero attached hydrogens (tertiary/aromatic N) is 2. The third kappa shape index (κ3) is 4.96. The number of carbonyl (C=O) groups is 1. The Balaban J connectivity index is 1.54. The lowest BCUT2D eigenvalue weighted by molar-refractivity contribution is -0.113. The van der Waals surface area contributed by atoms with E-state index < -0.39 is 17.5 Å². The summed E-state index contributed by atoms with van der Waals surface area (Å²) in [5.74, 6) is -1.72. The lowest BCUT2D eigenvalue weighted by atomic mass is 10.1. The molecule has 186 valence electrons. The van der Waals surface area contributed by atoms with Crippen LogP contribution in [0.5, 0.6) is 5.75 Å². The molecule has 2 N–H and O–H groups in total. The van der Waals surface area contributed by atoms with Crippen molar-refractivity contribution < 1.29 is 18.3 Å². The molecular weight excluding hydrogens is 498 g/mol. The quantitative estimate of drug-likeness (QED) is 0.223. The molecule has 0 aliphatic carbocycles. The van der Waals surface area contributed by atoms with Crippen molar-refractivity contribution in [2.75, 3.05) is 18.2 Å². The largest absolute Gasteiger partial charge is 0.497 e. The number of aromatic nitrogens is 3. The number of ether oxygens (including phenoxy) is 1.